The van der Waals surface area contributed by atoms with Gasteiger partial charge >= 0.3 is 0 Å². The van der Waals surface area contributed by atoms with Crippen LogP contribution >= 0.6 is 23.5 Å². The van der Waals surface area contributed by atoms with E-state index in [9.17, 15) is 0 Å². The van der Waals surface area contributed by atoms with Crippen molar-refractivity contribution >= 4 is 23.5 Å². The highest BCUT2D eigenvalue weighted by Gasteiger charge is 2.06. The smallest absolute Gasteiger partial charge is 0.0361 e. The molecule has 0 N–H and O–H groups in total. The third kappa shape index (κ3) is 12.6. The molecule has 2 heteroatoms. The van der Waals surface area contributed by atoms with Crippen LogP contribution in [0.2, 0.25) is 0 Å². The van der Waals surface area contributed by atoms with E-state index in [1.54, 1.807) is 4.24 Å². The summed E-state index contributed by atoms with van der Waals surface area (Å²) in [4.78, 5) is 0. The van der Waals surface area contributed by atoms with Crippen LogP contribution < -0.4 is 0 Å². The fourth-order valence-electron chi connectivity index (χ4n) is 2.83. The van der Waals surface area contributed by atoms with E-state index in [1.165, 1.54) is 101 Å². The second kappa shape index (κ2) is 15.3. The molecule has 0 aromatic heterocycles. The molecule has 1 saturated heterocycles. The first-order valence-corrected chi connectivity index (χ1v) is 11.4. The number of hydrogen-bond acceptors (Lipinski definition) is 2. The first kappa shape index (κ1) is 19.5. The van der Waals surface area contributed by atoms with Gasteiger partial charge in [-0.2, -0.15) is 0 Å². The van der Waals surface area contributed by atoms with Crippen molar-refractivity contribution in [1.29, 1.82) is 0 Å². The Morgan fingerprint density at radius 1 is 0.667 bits per heavy atom. The van der Waals surface area contributed by atoms with Crippen LogP contribution in [0, 0.1) is 0 Å². The minimum absolute atomic E-state index is 1.31. The van der Waals surface area contributed by atoms with Crippen molar-refractivity contribution in [2.45, 2.75) is 96.8 Å². The normalized spacial score (nSPS) is 14.8. The van der Waals surface area contributed by atoms with E-state index in [2.05, 4.69) is 36.5 Å². The molecule has 1 heterocycles. The third-order valence-corrected chi connectivity index (χ3v) is 6.88. The maximum absolute atomic E-state index is 2.47. The maximum atomic E-state index is 2.47. The number of unbranched alkanes of at least 4 members (excludes halogenated alkanes) is 13. The van der Waals surface area contributed by atoms with E-state index in [-0.39, 0.29) is 0 Å². The number of rotatable bonds is 14. The topological polar surface area (TPSA) is 0 Å². The Balaban J connectivity index is 1.70. The second-order valence-electron chi connectivity index (χ2n) is 6.25. The molecule has 0 spiro atoms. The molecular formula is C19H36S2. The van der Waals surface area contributed by atoms with Crippen LogP contribution in [-0.2, 0) is 0 Å². The van der Waals surface area contributed by atoms with E-state index >= 15 is 0 Å². The number of thioether (sulfide) groups is 2. The van der Waals surface area contributed by atoms with Gasteiger partial charge < -0.3 is 0 Å². The van der Waals surface area contributed by atoms with Crippen molar-refractivity contribution in [3.8, 4) is 0 Å². The summed E-state index contributed by atoms with van der Waals surface area (Å²) >= 11 is 4.10. The maximum Gasteiger partial charge on any atom is 0.0361 e. The van der Waals surface area contributed by atoms with Crippen LogP contribution in [0.5, 0.6) is 0 Å². The Kier molecular flexibility index (Phi) is 14.2. The van der Waals surface area contributed by atoms with Crippen molar-refractivity contribution < 1.29 is 0 Å². The predicted molar refractivity (Wildman–Crippen MR) is 103 cm³/mol. The van der Waals surface area contributed by atoms with Crippen molar-refractivity contribution in [2.24, 2.45) is 0 Å². The quantitative estimate of drug-likeness (QED) is 0.298. The van der Waals surface area contributed by atoms with E-state index in [0.717, 1.165) is 0 Å². The Morgan fingerprint density at radius 3 is 1.57 bits per heavy atom. The van der Waals surface area contributed by atoms with E-state index < -0.39 is 0 Å². The highest BCUT2D eigenvalue weighted by Crippen LogP contribution is 2.36. The van der Waals surface area contributed by atoms with Gasteiger partial charge in [-0.25, -0.2) is 0 Å². The van der Waals surface area contributed by atoms with Crippen molar-refractivity contribution in [3.05, 3.63) is 10.3 Å². The van der Waals surface area contributed by atoms with Gasteiger partial charge in [-0.1, -0.05) is 90.0 Å². The average Bonchev–Trinajstić information content (AvgIpc) is 3.01. The highest BCUT2D eigenvalue weighted by atomic mass is 32.2. The van der Waals surface area contributed by atoms with Crippen LogP contribution in [-0.4, -0.2) is 11.5 Å². The molecule has 1 aliphatic heterocycles. The van der Waals surface area contributed by atoms with Gasteiger partial charge in [0.05, 0.1) is 0 Å². The molecule has 1 rings (SSSR count). The third-order valence-electron chi connectivity index (χ3n) is 4.19. The van der Waals surface area contributed by atoms with E-state index in [1.807, 2.05) is 0 Å². The van der Waals surface area contributed by atoms with Crippen molar-refractivity contribution in [1.82, 2.24) is 0 Å². The van der Waals surface area contributed by atoms with Gasteiger partial charge in [-0.3, -0.25) is 0 Å². The number of hydrogen-bond donors (Lipinski definition) is 0. The van der Waals surface area contributed by atoms with Crippen molar-refractivity contribution in [3.63, 3.8) is 0 Å². The SMILES string of the molecule is CCCCCCCCCCCCCCCC=C1SCCS1. The van der Waals surface area contributed by atoms with Gasteiger partial charge in [0, 0.05) is 15.7 Å². The Hall–Kier alpha value is 0.440. The lowest BCUT2D eigenvalue weighted by molar-refractivity contribution is 0.540. The van der Waals surface area contributed by atoms with Gasteiger partial charge in [0.1, 0.15) is 0 Å². The predicted octanol–water partition coefficient (Wildman–Crippen LogP) is 7.79. The lowest BCUT2D eigenvalue weighted by Crippen LogP contribution is -1.82. The second-order valence-corrected chi connectivity index (χ2v) is 8.78. The first-order valence-electron chi connectivity index (χ1n) is 9.39. The lowest BCUT2D eigenvalue weighted by Gasteiger charge is -2.02. The summed E-state index contributed by atoms with van der Waals surface area (Å²) in [6.45, 7) is 2.30. The highest BCUT2D eigenvalue weighted by molar-refractivity contribution is 8.25. The Morgan fingerprint density at radius 2 is 1.10 bits per heavy atom. The molecule has 0 amide bonds. The van der Waals surface area contributed by atoms with Gasteiger partial charge in [0.25, 0.3) is 0 Å². The summed E-state index contributed by atoms with van der Waals surface area (Å²) in [5.74, 6) is 2.66. The van der Waals surface area contributed by atoms with Gasteiger partial charge in [0.15, 0.2) is 0 Å². The molecule has 0 atom stereocenters. The zero-order valence-electron chi connectivity index (χ0n) is 14.2. The summed E-state index contributed by atoms with van der Waals surface area (Å²) in [6, 6.07) is 0. The molecule has 0 nitrogen and oxygen atoms in total. The summed E-state index contributed by atoms with van der Waals surface area (Å²) in [5, 5.41) is 0. The largest absolute Gasteiger partial charge is 0.119 e. The lowest BCUT2D eigenvalue weighted by atomic mass is 10.0. The molecule has 0 saturated carbocycles. The molecule has 1 fully saturated rings. The van der Waals surface area contributed by atoms with Crippen LogP contribution in [0.15, 0.2) is 10.3 Å². The molecule has 0 unspecified atom stereocenters. The zero-order chi connectivity index (χ0) is 15.0. The van der Waals surface area contributed by atoms with Crippen LogP contribution in [0.4, 0.5) is 0 Å². The van der Waals surface area contributed by atoms with Crippen LogP contribution in [0.25, 0.3) is 0 Å². The summed E-state index contributed by atoms with van der Waals surface area (Å²) in [7, 11) is 0. The fraction of sp³-hybridized carbons (Fsp3) is 0.895. The van der Waals surface area contributed by atoms with E-state index in [4.69, 9.17) is 0 Å². The molecule has 0 radical (unpaired) electrons. The molecule has 0 aromatic rings. The molecule has 0 aromatic carbocycles. The monoisotopic (exact) mass is 328 g/mol. The molecule has 0 bridgehead atoms. The molecule has 0 aliphatic carbocycles. The van der Waals surface area contributed by atoms with Crippen LogP contribution in [0.1, 0.15) is 96.8 Å². The number of allylic oxidation sites excluding steroid dienone is 1. The Bertz CT molecular complexity index is 240. The minimum Gasteiger partial charge on any atom is -0.119 e. The Labute approximate surface area is 142 Å². The van der Waals surface area contributed by atoms with Crippen molar-refractivity contribution in [2.75, 3.05) is 11.5 Å². The fourth-order valence-corrected chi connectivity index (χ4v) is 5.20. The molecular weight excluding hydrogens is 292 g/mol. The minimum atomic E-state index is 1.31. The summed E-state index contributed by atoms with van der Waals surface area (Å²) < 4.78 is 1.59. The molecule has 21 heavy (non-hydrogen) atoms. The molecule has 1 aliphatic rings. The van der Waals surface area contributed by atoms with Gasteiger partial charge in [-0.15, -0.1) is 23.5 Å². The summed E-state index contributed by atoms with van der Waals surface area (Å²) in [6.07, 6.45) is 22.7. The standard InChI is InChI=1S/C19H36S2/c1-2-3-4-5-6-7-8-9-10-11-12-13-14-15-16-19-20-17-18-21-19/h16H,2-15,17-18H2,1H3. The zero-order valence-corrected chi connectivity index (χ0v) is 15.8. The van der Waals surface area contributed by atoms with Gasteiger partial charge in [-0.05, 0) is 12.8 Å². The van der Waals surface area contributed by atoms with Crippen LogP contribution in [0.3, 0.4) is 0 Å². The van der Waals surface area contributed by atoms with Gasteiger partial charge in [0.2, 0.25) is 0 Å². The summed E-state index contributed by atoms with van der Waals surface area (Å²) in [5.41, 5.74) is 0. The molecule has 124 valence electrons. The van der Waals surface area contributed by atoms with E-state index in [0.29, 0.717) is 0 Å². The first-order chi connectivity index (χ1) is 10.4. The average molecular weight is 329 g/mol.